The zero-order valence-corrected chi connectivity index (χ0v) is 14.4. The summed E-state index contributed by atoms with van der Waals surface area (Å²) in [7, 11) is 0. The summed E-state index contributed by atoms with van der Waals surface area (Å²) in [5, 5.41) is 18.2. The Bertz CT molecular complexity index is 659. The van der Waals surface area contributed by atoms with Crippen molar-refractivity contribution in [2.45, 2.75) is 38.3 Å². The van der Waals surface area contributed by atoms with Gasteiger partial charge in [-0.3, -0.25) is 0 Å². The van der Waals surface area contributed by atoms with Crippen LogP contribution < -0.4 is 10.6 Å². The molecule has 2 aromatic rings. The molecule has 3 rings (SSSR count). The summed E-state index contributed by atoms with van der Waals surface area (Å²) in [4.78, 5) is 16.7. The smallest absolute Gasteiger partial charge is 0.315 e. The molecule has 0 aliphatic heterocycles. The maximum absolute atomic E-state index is 12.1. The lowest BCUT2D eigenvalue weighted by Gasteiger charge is -2.30. The zero-order chi connectivity index (χ0) is 16.8. The van der Waals surface area contributed by atoms with Gasteiger partial charge in [-0.2, -0.15) is 0 Å². The average molecular weight is 345 g/mol. The number of amides is 2. The molecule has 2 amide bonds. The molecule has 1 saturated carbocycles. The van der Waals surface area contributed by atoms with Crippen molar-refractivity contribution in [1.82, 2.24) is 15.6 Å². The Hall–Kier alpha value is -1.92. The normalized spacial score (nSPS) is 20.5. The maximum atomic E-state index is 12.1. The zero-order valence-electron chi connectivity index (χ0n) is 13.6. The van der Waals surface area contributed by atoms with E-state index in [4.69, 9.17) is 0 Å². The minimum absolute atomic E-state index is 0.0694. The first-order valence-corrected chi connectivity index (χ1v) is 9.29. The number of aliphatic hydroxyl groups excluding tert-OH is 1. The fraction of sp³-hybridized carbons (Fsp3) is 0.444. The molecule has 0 radical (unpaired) electrons. The van der Waals surface area contributed by atoms with E-state index in [9.17, 15) is 9.90 Å². The summed E-state index contributed by atoms with van der Waals surface area (Å²) in [6.07, 6.45) is 4.16. The topological polar surface area (TPSA) is 74.2 Å². The van der Waals surface area contributed by atoms with E-state index in [0.717, 1.165) is 41.9 Å². The third-order valence-electron chi connectivity index (χ3n) is 4.48. The number of aliphatic hydroxyl groups is 1. The minimum atomic E-state index is -0.184. The van der Waals surface area contributed by atoms with Gasteiger partial charge in [0.2, 0.25) is 0 Å². The SMILES string of the molecule is O=C(NCc1nc(-c2ccccc2)cs1)NC1CCCCC1CO. The summed E-state index contributed by atoms with van der Waals surface area (Å²) in [6, 6.07) is 9.89. The quantitative estimate of drug-likeness (QED) is 0.779. The Labute approximate surface area is 146 Å². The van der Waals surface area contributed by atoms with Crippen LogP contribution in [0.4, 0.5) is 4.79 Å². The molecule has 0 saturated heterocycles. The lowest BCUT2D eigenvalue weighted by Crippen LogP contribution is -2.47. The standard InChI is InChI=1S/C18H23N3O2S/c22-11-14-8-4-5-9-15(14)21-18(23)19-10-17-20-16(12-24-17)13-6-2-1-3-7-13/h1-3,6-7,12,14-15,22H,4-5,8-11H2,(H2,19,21,23). The molecule has 3 N–H and O–H groups in total. The van der Waals surface area contributed by atoms with Gasteiger partial charge in [0, 0.05) is 29.5 Å². The van der Waals surface area contributed by atoms with Gasteiger partial charge in [0.1, 0.15) is 5.01 Å². The number of benzene rings is 1. The van der Waals surface area contributed by atoms with Crippen molar-refractivity contribution in [2.75, 3.05) is 6.61 Å². The van der Waals surface area contributed by atoms with Gasteiger partial charge in [-0.15, -0.1) is 11.3 Å². The molecule has 1 aromatic carbocycles. The van der Waals surface area contributed by atoms with Crippen LogP contribution in [0.3, 0.4) is 0 Å². The molecule has 1 heterocycles. The van der Waals surface area contributed by atoms with Crippen LogP contribution in [0.5, 0.6) is 0 Å². The van der Waals surface area contributed by atoms with Crippen LogP contribution in [0.15, 0.2) is 35.7 Å². The van der Waals surface area contributed by atoms with E-state index in [1.807, 2.05) is 35.7 Å². The molecule has 1 aromatic heterocycles. The van der Waals surface area contributed by atoms with Crippen LogP contribution >= 0.6 is 11.3 Å². The fourth-order valence-electron chi connectivity index (χ4n) is 3.13. The minimum Gasteiger partial charge on any atom is -0.396 e. The molecular weight excluding hydrogens is 322 g/mol. The van der Waals surface area contributed by atoms with Crippen molar-refractivity contribution >= 4 is 17.4 Å². The summed E-state index contributed by atoms with van der Waals surface area (Å²) in [5.41, 5.74) is 2.02. The summed E-state index contributed by atoms with van der Waals surface area (Å²) < 4.78 is 0. The molecule has 2 unspecified atom stereocenters. The number of rotatable bonds is 5. The molecule has 1 aliphatic rings. The van der Waals surface area contributed by atoms with Crippen molar-refractivity contribution in [2.24, 2.45) is 5.92 Å². The van der Waals surface area contributed by atoms with Crippen molar-refractivity contribution in [3.05, 3.63) is 40.7 Å². The Balaban J connectivity index is 1.50. The van der Waals surface area contributed by atoms with E-state index in [0.29, 0.717) is 6.54 Å². The van der Waals surface area contributed by atoms with E-state index in [1.54, 1.807) is 11.3 Å². The van der Waals surface area contributed by atoms with E-state index >= 15 is 0 Å². The lowest BCUT2D eigenvalue weighted by molar-refractivity contribution is 0.153. The number of carbonyl (C=O) groups is 1. The van der Waals surface area contributed by atoms with E-state index in [2.05, 4.69) is 15.6 Å². The summed E-state index contributed by atoms with van der Waals surface area (Å²) >= 11 is 1.54. The van der Waals surface area contributed by atoms with Crippen LogP contribution in [0, 0.1) is 5.92 Å². The van der Waals surface area contributed by atoms with Crippen LogP contribution in [-0.4, -0.2) is 28.8 Å². The highest BCUT2D eigenvalue weighted by molar-refractivity contribution is 7.09. The molecule has 5 nitrogen and oxygen atoms in total. The summed E-state index contributed by atoms with van der Waals surface area (Å²) in [5.74, 6) is 0.175. The predicted molar refractivity (Wildman–Crippen MR) is 95.8 cm³/mol. The first-order valence-electron chi connectivity index (χ1n) is 8.41. The molecule has 1 fully saturated rings. The maximum Gasteiger partial charge on any atom is 0.315 e. The third kappa shape index (κ3) is 4.33. The largest absolute Gasteiger partial charge is 0.396 e. The fourth-order valence-corrected chi connectivity index (χ4v) is 3.87. The first-order chi connectivity index (χ1) is 11.8. The Morgan fingerprint density at radius 2 is 2.04 bits per heavy atom. The highest BCUT2D eigenvalue weighted by Crippen LogP contribution is 2.24. The summed E-state index contributed by atoms with van der Waals surface area (Å²) in [6.45, 7) is 0.553. The molecule has 128 valence electrons. The molecule has 24 heavy (non-hydrogen) atoms. The van der Waals surface area contributed by atoms with Crippen molar-refractivity contribution in [1.29, 1.82) is 0 Å². The molecule has 0 bridgehead atoms. The number of hydrogen-bond acceptors (Lipinski definition) is 4. The Morgan fingerprint density at radius 3 is 2.83 bits per heavy atom. The van der Waals surface area contributed by atoms with Gasteiger partial charge in [-0.1, -0.05) is 43.2 Å². The van der Waals surface area contributed by atoms with E-state index in [-0.39, 0.29) is 24.6 Å². The van der Waals surface area contributed by atoms with Crippen LogP contribution in [0.1, 0.15) is 30.7 Å². The Morgan fingerprint density at radius 1 is 1.25 bits per heavy atom. The van der Waals surface area contributed by atoms with Gasteiger partial charge in [0.25, 0.3) is 0 Å². The van der Waals surface area contributed by atoms with Crippen molar-refractivity contribution in [3.63, 3.8) is 0 Å². The van der Waals surface area contributed by atoms with Gasteiger partial charge < -0.3 is 15.7 Å². The second-order valence-electron chi connectivity index (χ2n) is 6.15. The Kier molecular flexibility index (Phi) is 5.82. The number of urea groups is 1. The van der Waals surface area contributed by atoms with Crippen LogP contribution in [0.2, 0.25) is 0 Å². The molecule has 2 atom stereocenters. The van der Waals surface area contributed by atoms with Crippen LogP contribution in [-0.2, 0) is 6.54 Å². The van der Waals surface area contributed by atoms with Crippen molar-refractivity contribution < 1.29 is 9.90 Å². The number of thiazole rings is 1. The predicted octanol–water partition coefficient (Wildman–Crippen LogP) is 3.16. The molecule has 0 spiro atoms. The lowest BCUT2D eigenvalue weighted by atomic mass is 9.85. The van der Waals surface area contributed by atoms with Gasteiger partial charge in [0.15, 0.2) is 0 Å². The van der Waals surface area contributed by atoms with Gasteiger partial charge in [-0.05, 0) is 12.8 Å². The van der Waals surface area contributed by atoms with Crippen molar-refractivity contribution in [3.8, 4) is 11.3 Å². The van der Waals surface area contributed by atoms with E-state index < -0.39 is 0 Å². The number of carbonyl (C=O) groups excluding carboxylic acids is 1. The molecule has 6 heteroatoms. The third-order valence-corrected chi connectivity index (χ3v) is 5.33. The number of aromatic nitrogens is 1. The van der Waals surface area contributed by atoms with E-state index in [1.165, 1.54) is 0 Å². The first kappa shape index (κ1) is 16.9. The monoisotopic (exact) mass is 345 g/mol. The second-order valence-corrected chi connectivity index (χ2v) is 7.10. The highest BCUT2D eigenvalue weighted by atomic mass is 32.1. The molecule has 1 aliphatic carbocycles. The molecular formula is C18H23N3O2S. The second kappa shape index (κ2) is 8.26. The number of nitrogens with zero attached hydrogens (tertiary/aromatic N) is 1. The van der Waals surface area contributed by atoms with Gasteiger partial charge >= 0.3 is 6.03 Å². The van der Waals surface area contributed by atoms with Crippen LogP contribution in [0.25, 0.3) is 11.3 Å². The highest BCUT2D eigenvalue weighted by Gasteiger charge is 2.25. The van der Waals surface area contributed by atoms with Gasteiger partial charge in [0.05, 0.1) is 12.2 Å². The average Bonchev–Trinajstić information content (AvgIpc) is 3.10. The number of hydrogen-bond donors (Lipinski definition) is 3. The van der Waals surface area contributed by atoms with Gasteiger partial charge in [-0.25, -0.2) is 9.78 Å². The number of nitrogens with one attached hydrogen (secondary N) is 2.